The van der Waals surface area contributed by atoms with Crippen LogP contribution in [0.1, 0.15) is 52.4 Å². The number of hydrogen-bond donors (Lipinski definition) is 2. The van der Waals surface area contributed by atoms with E-state index in [9.17, 15) is 8.42 Å². The summed E-state index contributed by atoms with van der Waals surface area (Å²) in [5, 5.41) is 3.29. The number of rotatable bonds is 7. The molecule has 2 aliphatic rings. The summed E-state index contributed by atoms with van der Waals surface area (Å²) in [7, 11) is -3.33. The molecule has 21 heavy (non-hydrogen) atoms. The van der Waals surface area contributed by atoms with Crippen molar-refractivity contribution in [3.8, 4) is 0 Å². The van der Waals surface area contributed by atoms with Crippen molar-refractivity contribution >= 4 is 10.2 Å². The Kier molecular flexibility index (Phi) is 6.47. The van der Waals surface area contributed by atoms with E-state index in [-0.39, 0.29) is 6.04 Å². The monoisotopic (exact) mass is 317 g/mol. The zero-order valence-corrected chi connectivity index (χ0v) is 14.3. The molecule has 0 amide bonds. The number of nitrogens with one attached hydrogen (secondary N) is 2. The Labute approximate surface area is 130 Å². The Balaban J connectivity index is 1.92. The molecule has 2 fully saturated rings. The standard InChI is InChI=1S/C15H31N3O2S/c1-3-16-12-15-9-4-5-10-18(15)21(19,20)17-11-14-8-6-7-13(14)2/h13-17H,3-12H2,1-2H3. The van der Waals surface area contributed by atoms with E-state index in [1.807, 2.05) is 0 Å². The van der Waals surface area contributed by atoms with Gasteiger partial charge in [0.05, 0.1) is 0 Å². The molecule has 124 valence electrons. The molecule has 0 aromatic rings. The largest absolute Gasteiger partial charge is 0.315 e. The van der Waals surface area contributed by atoms with Crippen molar-refractivity contribution < 1.29 is 8.42 Å². The molecule has 3 atom stereocenters. The molecule has 3 unspecified atom stereocenters. The van der Waals surface area contributed by atoms with E-state index >= 15 is 0 Å². The van der Waals surface area contributed by atoms with Gasteiger partial charge in [0.25, 0.3) is 10.2 Å². The van der Waals surface area contributed by atoms with Crippen molar-refractivity contribution in [2.45, 2.75) is 58.4 Å². The van der Waals surface area contributed by atoms with Gasteiger partial charge in [-0.05, 0) is 37.6 Å². The molecule has 1 saturated carbocycles. The average molecular weight is 317 g/mol. The maximum absolute atomic E-state index is 12.6. The molecule has 1 aliphatic carbocycles. The summed E-state index contributed by atoms with van der Waals surface area (Å²) in [5.41, 5.74) is 0. The Morgan fingerprint density at radius 2 is 1.90 bits per heavy atom. The first-order valence-electron chi connectivity index (χ1n) is 8.51. The van der Waals surface area contributed by atoms with Crippen LogP contribution in [-0.2, 0) is 10.2 Å². The topological polar surface area (TPSA) is 61.4 Å². The second kappa shape index (κ2) is 7.90. The minimum atomic E-state index is -3.33. The van der Waals surface area contributed by atoms with Gasteiger partial charge in [-0.15, -0.1) is 0 Å². The lowest BCUT2D eigenvalue weighted by atomic mass is 9.99. The van der Waals surface area contributed by atoms with E-state index in [2.05, 4.69) is 23.9 Å². The van der Waals surface area contributed by atoms with Crippen molar-refractivity contribution in [2.75, 3.05) is 26.2 Å². The maximum atomic E-state index is 12.6. The fraction of sp³-hybridized carbons (Fsp3) is 1.00. The fourth-order valence-corrected chi connectivity index (χ4v) is 5.16. The molecule has 0 bridgehead atoms. The van der Waals surface area contributed by atoms with Crippen LogP contribution in [0.5, 0.6) is 0 Å². The van der Waals surface area contributed by atoms with E-state index in [0.717, 1.165) is 38.8 Å². The van der Waals surface area contributed by atoms with E-state index < -0.39 is 10.2 Å². The minimum absolute atomic E-state index is 0.109. The number of nitrogens with zero attached hydrogens (tertiary/aromatic N) is 1. The highest BCUT2D eigenvalue weighted by molar-refractivity contribution is 7.87. The summed E-state index contributed by atoms with van der Waals surface area (Å²) in [6, 6.07) is 0.109. The smallest absolute Gasteiger partial charge is 0.279 e. The van der Waals surface area contributed by atoms with Gasteiger partial charge < -0.3 is 5.32 Å². The molecule has 2 rings (SSSR count). The van der Waals surface area contributed by atoms with Crippen molar-refractivity contribution in [1.29, 1.82) is 0 Å². The summed E-state index contributed by atoms with van der Waals surface area (Å²) < 4.78 is 29.8. The van der Waals surface area contributed by atoms with Gasteiger partial charge in [-0.25, -0.2) is 4.72 Å². The molecular formula is C15H31N3O2S. The van der Waals surface area contributed by atoms with Crippen molar-refractivity contribution in [1.82, 2.24) is 14.3 Å². The normalized spacial score (nSPS) is 31.6. The van der Waals surface area contributed by atoms with Crippen LogP contribution >= 0.6 is 0 Å². The predicted molar refractivity (Wildman–Crippen MR) is 86.3 cm³/mol. The van der Waals surface area contributed by atoms with E-state index in [1.165, 1.54) is 12.8 Å². The van der Waals surface area contributed by atoms with E-state index in [1.54, 1.807) is 4.31 Å². The molecule has 1 saturated heterocycles. The molecule has 0 spiro atoms. The Morgan fingerprint density at radius 3 is 2.57 bits per heavy atom. The van der Waals surface area contributed by atoms with Gasteiger partial charge in [-0.2, -0.15) is 12.7 Å². The van der Waals surface area contributed by atoms with Gasteiger partial charge in [0.1, 0.15) is 0 Å². The summed E-state index contributed by atoms with van der Waals surface area (Å²) in [5.74, 6) is 1.16. The number of hydrogen-bond acceptors (Lipinski definition) is 3. The number of piperidine rings is 1. The van der Waals surface area contributed by atoms with Gasteiger partial charge in [-0.3, -0.25) is 0 Å². The first-order valence-corrected chi connectivity index (χ1v) is 9.95. The van der Waals surface area contributed by atoms with Crippen LogP contribution in [0.4, 0.5) is 0 Å². The van der Waals surface area contributed by atoms with Crippen LogP contribution in [0, 0.1) is 11.8 Å². The van der Waals surface area contributed by atoms with Crippen LogP contribution in [-0.4, -0.2) is 44.9 Å². The van der Waals surface area contributed by atoms with Crippen molar-refractivity contribution in [3.63, 3.8) is 0 Å². The van der Waals surface area contributed by atoms with Crippen LogP contribution in [0.25, 0.3) is 0 Å². The molecule has 5 nitrogen and oxygen atoms in total. The van der Waals surface area contributed by atoms with Crippen LogP contribution in [0.2, 0.25) is 0 Å². The Morgan fingerprint density at radius 1 is 1.10 bits per heavy atom. The van der Waals surface area contributed by atoms with Crippen LogP contribution in [0.15, 0.2) is 0 Å². The molecule has 0 aromatic carbocycles. The highest BCUT2D eigenvalue weighted by atomic mass is 32.2. The third-order valence-corrected chi connectivity index (χ3v) is 6.71. The Hall–Kier alpha value is -0.170. The Bertz CT molecular complexity index is 413. The molecule has 2 N–H and O–H groups in total. The van der Waals surface area contributed by atoms with Crippen LogP contribution in [0.3, 0.4) is 0 Å². The third kappa shape index (κ3) is 4.65. The summed E-state index contributed by atoms with van der Waals surface area (Å²) >= 11 is 0. The van der Waals surface area contributed by atoms with Gasteiger partial charge in [-0.1, -0.05) is 33.1 Å². The second-order valence-corrected chi connectivity index (χ2v) is 8.30. The quantitative estimate of drug-likeness (QED) is 0.751. The van der Waals surface area contributed by atoms with Gasteiger partial charge in [0, 0.05) is 25.7 Å². The van der Waals surface area contributed by atoms with E-state index in [0.29, 0.717) is 24.9 Å². The first-order chi connectivity index (χ1) is 10.0. The summed E-state index contributed by atoms with van der Waals surface area (Å²) in [6.07, 6.45) is 6.70. The zero-order chi connectivity index (χ0) is 15.3. The van der Waals surface area contributed by atoms with Gasteiger partial charge in [0.2, 0.25) is 0 Å². The van der Waals surface area contributed by atoms with E-state index in [4.69, 9.17) is 0 Å². The molecule has 1 heterocycles. The number of likely N-dealkylation sites (N-methyl/N-ethyl adjacent to an activating group) is 1. The minimum Gasteiger partial charge on any atom is -0.315 e. The fourth-order valence-electron chi connectivity index (χ4n) is 3.63. The molecule has 6 heteroatoms. The summed E-state index contributed by atoms with van der Waals surface area (Å²) in [4.78, 5) is 0. The van der Waals surface area contributed by atoms with Crippen molar-refractivity contribution in [2.24, 2.45) is 11.8 Å². The molecule has 1 aliphatic heterocycles. The van der Waals surface area contributed by atoms with Crippen LogP contribution < -0.4 is 10.0 Å². The lowest BCUT2D eigenvalue weighted by Gasteiger charge is -2.35. The third-order valence-electron chi connectivity index (χ3n) is 5.08. The van der Waals surface area contributed by atoms with Crippen molar-refractivity contribution in [3.05, 3.63) is 0 Å². The zero-order valence-electron chi connectivity index (χ0n) is 13.5. The maximum Gasteiger partial charge on any atom is 0.279 e. The highest BCUT2D eigenvalue weighted by Crippen LogP contribution is 2.30. The average Bonchev–Trinajstić information content (AvgIpc) is 2.89. The molecule has 0 aromatic heterocycles. The predicted octanol–water partition coefficient (Wildman–Crippen LogP) is 1.72. The molecule has 0 radical (unpaired) electrons. The lowest BCUT2D eigenvalue weighted by Crippen LogP contribution is -2.53. The van der Waals surface area contributed by atoms with Gasteiger partial charge >= 0.3 is 0 Å². The second-order valence-electron chi connectivity index (χ2n) is 6.59. The SMILES string of the molecule is CCNCC1CCCCN1S(=O)(=O)NCC1CCCC1C. The first kappa shape index (κ1) is 17.2. The summed E-state index contributed by atoms with van der Waals surface area (Å²) in [6.45, 7) is 7.20. The highest BCUT2D eigenvalue weighted by Gasteiger charge is 2.33. The van der Waals surface area contributed by atoms with Gasteiger partial charge in [0.15, 0.2) is 0 Å². The molecular weight excluding hydrogens is 286 g/mol. The lowest BCUT2D eigenvalue weighted by molar-refractivity contribution is 0.242.